The second-order valence-corrected chi connectivity index (χ2v) is 10.2. The van der Waals surface area contributed by atoms with E-state index >= 15 is 0 Å². The molecule has 0 aromatic heterocycles. The molecule has 8 heteroatoms. The van der Waals surface area contributed by atoms with E-state index in [9.17, 15) is 14.7 Å². The predicted molar refractivity (Wildman–Crippen MR) is 168 cm³/mol. The molecular weight excluding hydrogens is 540 g/mol. The van der Waals surface area contributed by atoms with Crippen molar-refractivity contribution in [1.29, 1.82) is 0 Å². The van der Waals surface area contributed by atoms with Gasteiger partial charge in [0, 0.05) is 40.9 Å². The van der Waals surface area contributed by atoms with Crippen molar-refractivity contribution in [3.8, 4) is 11.5 Å². The molecule has 1 aliphatic heterocycles. The SMILES string of the molecule is C=C1Cc2cc(CC(=O)c3cc4ccccc4c(N=Nc4cc(C(=O)Nc5ccccc5)ccc4OC)c3O)ccc2N1. The lowest BCUT2D eigenvalue weighted by Gasteiger charge is -2.11. The van der Waals surface area contributed by atoms with Crippen LogP contribution in [0.15, 0.2) is 120 Å². The number of carbonyl (C=O) groups excluding carboxylic acids is 2. The van der Waals surface area contributed by atoms with Gasteiger partial charge in [0.25, 0.3) is 5.91 Å². The number of nitrogens with zero attached hydrogens (tertiary/aromatic N) is 2. The summed E-state index contributed by atoms with van der Waals surface area (Å²) in [6.07, 6.45) is 0.816. The molecule has 0 unspecified atom stereocenters. The fourth-order valence-electron chi connectivity index (χ4n) is 5.14. The monoisotopic (exact) mass is 568 g/mol. The minimum Gasteiger partial charge on any atom is -0.505 e. The first-order valence-electron chi connectivity index (χ1n) is 13.7. The second-order valence-electron chi connectivity index (χ2n) is 10.2. The fraction of sp³-hybridized carbons (Fsp3) is 0.0857. The summed E-state index contributed by atoms with van der Waals surface area (Å²) in [5.41, 5.74) is 5.44. The van der Waals surface area contributed by atoms with Crippen LogP contribution in [0.4, 0.5) is 22.7 Å². The molecule has 0 atom stereocenters. The molecule has 43 heavy (non-hydrogen) atoms. The molecule has 0 saturated carbocycles. The Hall–Kier alpha value is -5.76. The quantitative estimate of drug-likeness (QED) is 0.129. The molecule has 0 fully saturated rings. The molecule has 1 amide bonds. The van der Waals surface area contributed by atoms with Gasteiger partial charge in [0.05, 0.1) is 12.7 Å². The molecule has 5 aromatic carbocycles. The normalized spacial score (nSPS) is 12.3. The van der Waals surface area contributed by atoms with E-state index in [1.165, 1.54) is 7.11 Å². The topological polar surface area (TPSA) is 112 Å². The van der Waals surface area contributed by atoms with E-state index in [4.69, 9.17) is 4.74 Å². The fourth-order valence-corrected chi connectivity index (χ4v) is 5.14. The minimum absolute atomic E-state index is 0.106. The van der Waals surface area contributed by atoms with Gasteiger partial charge in [-0.2, -0.15) is 0 Å². The molecule has 5 aromatic rings. The lowest BCUT2D eigenvalue weighted by molar-refractivity contribution is 0.0988. The van der Waals surface area contributed by atoms with Crippen molar-refractivity contribution in [1.82, 2.24) is 0 Å². The molecule has 1 aliphatic rings. The van der Waals surface area contributed by atoms with Crippen LogP contribution in [0, 0.1) is 0 Å². The average Bonchev–Trinajstić information content (AvgIpc) is 3.40. The van der Waals surface area contributed by atoms with Gasteiger partial charge in [-0.3, -0.25) is 9.59 Å². The number of Topliss-reactive ketones (excluding diaryl/α,β-unsaturated/α-hetero) is 1. The Kier molecular flexibility index (Phi) is 7.41. The number of phenols is 1. The molecule has 3 N–H and O–H groups in total. The van der Waals surface area contributed by atoms with Crippen molar-refractivity contribution in [2.75, 3.05) is 17.7 Å². The van der Waals surface area contributed by atoms with Crippen molar-refractivity contribution < 1.29 is 19.4 Å². The van der Waals surface area contributed by atoms with E-state index in [0.29, 0.717) is 28.8 Å². The van der Waals surface area contributed by atoms with Crippen molar-refractivity contribution in [3.63, 3.8) is 0 Å². The zero-order valence-corrected chi connectivity index (χ0v) is 23.4. The molecule has 0 radical (unpaired) electrons. The number of hydrogen-bond donors (Lipinski definition) is 3. The third-order valence-corrected chi connectivity index (χ3v) is 7.28. The van der Waals surface area contributed by atoms with Gasteiger partial charge in [-0.25, -0.2) is 0 Å². The summed E-state index contributed by atoms with van der Waals surface area (Å²) in [7, 11) is 1.50. The van der Waals surface area contributed by atoms with E-state index in [-0.39, 0.29) is 40.8 Å². The van der Waals surface area contributed by atoms with Gasteiger partial charge in [0.1, 0.15) is 17.1 Å². The maximum atomic E-state index is 13.5. The standard InChI is InChI=1S/C35H28N4O4/c1-21-16-25-17-22(12-14-29(25)36-21)18-31(40)28-19-23-8-6-7-11-27(23)33(34(28)41)39-38-30-20-24(13-15-32(30)43-2)35(42)37-26-9-4-3-5-10-26/h3-15,17,19-20,36,41H,1,16,18H2,2H3,(H,37,42). The lowest BCUT2D eigenvalue weighted by atomic mass is 9.96. The Morgan fingerprint density at radius 3 is 2.56 bits per heavy atom. The molecule has 1 heterocycles. The maximum Gasteiger partial charge on any atom is 0.255 e. The van der Waals surface area contributed by atoms with Crippen LogP contribution in [-0.2, 0) is 12.8 Å². The molecule has 0 bridgehead atoms. The third kappa shape index (κ3) is 5.71. The smallest absolute Gasteiger partial charge is 0.255 e. The number of nitrogens with one attached hydrogen (secondary N) is 2. The summed E-state index contributed by atoms with van der Waals surface area (Å²) in [6.45, 7) is 3.98. The highest BCUT2D eigenvalue weighted by Gasteiger charge is 2.20. The second kappa shape index (κ2) is 11.6. The van der Waals surface area contributed by atoms with Crippen LogP contribution in [0.5, 0.6) is 11.5 Å². The summed E-state index contributed by atoms with van der Waals surface area (Å²) in [6, 6.07) is 28.8. The third-order valence-electron chi connectivity index (χ3n) is 7.28. The maximum absolute atomic E-state index is 13.5. The van der Waals surface area contributed by atoms with Crippen LogP contribution >= 0.6 is 0 Å². The zero-order valence-electron chi connectivity index (χ0n) is 23.4. The predicted octanol–water partition coefficient (Wildman–Crippen LogP) is 8.13. The van der Waals surface area contributed by atoms with E-state index in [1.807, 2.05) is 54.6 Å². The number of rotatable bonds is 8. The van der Waals surface area contributed by atoms with Crippen LogP contribution in [0.25, 0.3) is 10.8 Å². The summed E-state index contributed by atoms with van der Waals surface area (Å²) in [4.78, 5) is 26.4. The molecule has 0 spiro atoms. The summed E-state index contributed by atoms with van der Waals surface area (Å²) >= 11 is 0. The van der Waals surface area contributed by atoms with E-state index in [1.54, 1.807) is 42.5 Å². The number of para-hydroxylation sites is 1. The number of ketones is 1. The van der Waals surface area contributed by atoms with E-state index in [0.717, 1.165) is 27.9 Å². The number of hydrogen-bond acceptors (Lipinski definition) is 7. The Morgan fingerprint density at radius 1 is 0.953 bits per heavy atom. The van der Waals surface area contributed by atoms with Gasteiger partial charge in [0.2, 0.25) is 0 Å². The minimum atomic E-state index is -0.321. The zero-order chi connectivity index (χ0) is 29.9. The molecule has 8 nitrogen and oxygen atoms in total. The Balaban J connectivity index is 1.33. The lowest BCUT2D eigenvalue weighted by Crippen LogP contribution is -2.11. The average molecular weight is 569 g/mol. The van der Waals surface area contributed by atoms with E-state index in [2.05, 4.69) is 27.4 Å². The highest BCUT2D eigenvalue weighted by molar-refractivity contribution is 6.08. The van der Waals surface area contributed by atoms with Crippen LogP contribution in [0.3, 0.4) is 0 Å². The van der Waals surface area contributed by atoms with Gasteiger partial charge in [-0.1, -0.05) is 61.2 Å². The van der Waals surface area contributed by atoms with Crippen molar-refractivity contribution >= 4 is 45.2 Å². The number of azo groups is 1. The van der Waals surface area contributed by atoms with Gasteiger partial charge >= 0.3 is 0 Å². The number of fused-ring (bicyclic) bond motifs is 2. The molecule has 6 rings (SSSR count). The molecule has 0 saturated heterocycles. The first kappa shape index (κ1) is 27.4. The number of phenolic OH excluding ortho intramolecular Hbond substituents is 1. The number of ether oxygens (including phenoxy) is 1. The van der Waals surface area contributed by atoms with Gasteiger partial charge in [-0.15, -0.1) is 10.2 Å². The Bertz CT molecular complexity index is 1930. The van der Waals surface area contributed by atoms with Crippen molar-refractivity contribution in [3.05, 3.63) is 132 Å². The van der Waals surface area contributed by atoms with Gasteiger partial charge in [-0.05, 0) is 59.0 Å². The van der Waals surface area contributed by atoms with Gasteiger partial charge in [0.15, 0.2) is 11.5 Å². The Labute approximate surface area is 248 Å². The van der Waals surface area contributed by atoms with Crippen LogP contribution < -0.4 is 15.4 Å². The highest BCUT2D eigenvalue weighted by atomic mass is 16.5. The molecular formula is C35H28N4O4. The number of carbonyl (C=O) groups is 2. The molecule has 212 valence electrons. The van der Waals surface area contributed by atoms with Crippen molar-refractivity contribution in [2.45, 2.75) is 12.8 Å². The number of methoxy groups -OCH3 is 1. The number of amides is 1. The summed E-state index contributed by atoms with van der Waals surface area (Å²) < 4.78 is 5.46. The van der Waals surface area contributed by atoms with Crippen molar-refractivity contribution in [2.24, 2.45) is 10.2 Å². The number of anilines is 2. The largest absolute Gasteiger partial charge is 0.505 e. The first-order valence-corrected chi connectivity index (χ1v) is 13.7. The molecule has 0 aliphatic carbocycles. The summed E-state index contributed by atoms with van der Waals surface area (Å²) in [5, 5.41) is 27.5. The van der Waals surface area contributed by atoms with Crippen LogP contribution in [-0.4, -0.2) is 23.9 Å². The number of benzene rings is 5. The number of aromatic hydroxyl groups is 1. The highest BCUT2D eigenvalue weighted by Crippen LogP contribution is 2.41. The van der Waals surface area contributed by atoms with Crippen LogP contribution in [0.1, 0.15) is 31.8 Å². The number of allylic oxidation sites excluding steroid dienone is 1. The van der Waals surface area contributed by atoms with Crippen LogP contribution in [0.2, 0.25) is 0 Å². The van der Waals surface area contributed by atoms with Gasteiger partial charge < -0.3 is 20.5 Å². The first-order chi connectivity index (χ1) is 20.9. The van der Waals surface area contributed by atoms with E-state index < -0.39 is 0 Å². The summed E-state index contributed by atoms with van der Waals surface area (Å²) in [5.74, 6) is -0.440. The Morgan fingerprint density at radius 2 is 1.74 bits per heavy atom.